The highest BCUT2D eigenvalue weighted by molar-refractivity contribution is 5.52. The zero-order valence-electron chi connectivity index (χ0n) is 18.7. The van der Waals surface area contributed by atoms with E-state index in [2.05, 4.69) is 15.3 Å². The van der Waals surface area contributed by atoms with Gasteiger partial charge < -0.3 is 15.0 Å². The van der Waals surface area contributed by atoms with E-state index in [1.54, 1.807) is 19.2 Å². The van der Waals surface area contributed by atoms with Gasteiger partial charge >= 0.3 is 0 Å². The third kappa shape index (κ3) is 5.34. The summed E-state index contributed by atoms with van der Waals surface area (Å²) < 4.78 is 48.0. The van der Waals surface area contributed by atoms with Crippen LogP contribution in [0.5, 0.6) is 0 Å². The summed E-state index contributed by atoms with van der Waals surface area (Å²) in [4.78, 5) is 10.3. The molecule has 1 aromatic carbocycles. The van der Waals surface area contributed by atoms with Gasteiger partial charge in [-0.05, 0) is 31.2 Å². The number of anilines is 2. The summed E-state index contributed by atoms with van der Waals surface area (Å²) in [6, 6.07) is 6.40. The quantitative estimate of drug-likeness (QED) is 0.548. The van der Waals surface area contributed by atoms with Crippen molar-refractivity contribution < 1.29 is 17.9 Å². The molecule has 1 heterocycles. The van der Waals surface area contributed by atoms with Crippen molar-refractivity contribution in [3.8, 4) is 0 Å². The fraction of sp³-hybridized carbons (Fsp3) is 0.583. The van der Waals surface area contributed by atoms with E-state index in [0.29, 0.717) is 19.0 Å². The molecule has 2 saturated carbocycles. The van der Waals surface area contributed by atoms with Crippen molar-refractivity contribution in [1.82, 2.24) is 9.97 Å². The Bertz CT molecular complexity index is 899. The molecule has 2 aromatic rings. The molecule has 2 aliphatic carbocycles. The van der Waals surface area contributed by atoms with Gasteiger partial charge in [0.05, 0.1) is 6.10 Å². The summed E-state index contributed by atoms with van der Waals surface area (Å²) in [5.41, 5.74) is 0.804. The average Bonchev–Trinajstić information content (AvgIpc) is 3.62. The molecular formula is C24H31F3N4O. The molecule has 5 nitrogen and oxygen atoms in total. The number of nitrogens with one attached hydrogen (secondary N) is 1. The van der Waals surface area contributed by atoms with E-state index in [9.17, 15) is 8.78 Å². The van der Waals surface area contributed by atoms with Gasteiger partial charge in [0, 0.05) is 44.6 Å². The molecule has 32 heavy (non-hydrogen) atoms. The molecule has 0 saturated heterocycles. The molecule has 0 amide bonds. The number of benzene rings is 1. The molecule has 2 aliphatic rings. The van der Waals surface area contributed by atoms with Crippen LogP contribution >= 0.6 is 0 Å². The van der Waals surface area contributed by atoms with Crippen LogP contribution in [0.15, 0.2) is 30.6 Å². The lowest BCUT2D eigenvalue weighted by molar-refractivity contribution is 0.0174. The van der Waals surface area contributed by atoms with Gasteiger partial charge in [-0.15, -0.1) is 0 Å². The lowest BCUT2D eigenvalue weighted by atomic mass is 9.86. The molecule has 0 radical (unpaired) electrons. The first-order valence-corrected chi connectivity index (χ1v) is 11.4. The monoisotopic (exact) mass is 448 g/mol. The molecule has 174 valence electrons. The Morgan fingerprint density at radius 1 is 1.09 bits per heavy atom. The topological polar surface area (TPSA) is 50.3 Å². The largest absolute Gasteiger partial charge is 0.381 e. The lowest BCUT2D eigenvalue weighted by Crippen LogP contribution is -2.32. The molecule has 8 heteroatoms. The number of hydrogen-bond donors (Lipinski definition) is 1. The van der Waals surface area contributed by atoms with Crippen molar-refractivity contribution in [2.45, 2.75) is 70.1 Å². The molecule has 4 rings (SSSR count). The van der Waals surface area contributed by atoms with E-state index in [-0.39, 0.29) is 29.3 Å². The van der Waals surface area contributed by atoms with Gasteiger partial charge in [-0.25, -0.2) is 18.7 Å². The first-order chi connectivity index (χ1) is 15.4. The van der Waals surface area contributed by atoms with Crippen LogP contribution in [0.4, 0.5) is 24.8 Å². The van der Waals surface area contributed by atoms with E-state index < -0.39 is 11.7 Å². The van der Waals surface area contributed by atoms with E-state index in [1.165, 1.54) is 18.5 Å². The minimum atomic E-state index is -2.88. The maximum atomic E-state index is 15.4. The number of nitrogens with zero attached hydrogens (tertiary/aromatic N) is 3. The van der Waals surface area contributed by atoms with Crippen molar-refractivity contribution in [1.29, 1.82) is 0 Å². The van der Waals surface area contributed by atoms with Crippen LogP contribution in [0.25, 0.3) is 0 Å². The molecule has 0 bridgehead atoms. The molecule has 1 N–H and O–H groups in total. The second kappa shape index (κ2) is 9.65. The lowest BCUT2D eigenvalue weighted by Gasteiger charge is -2.31. The summed E-state index contributed by atoms with van der Waals surface area (Å²) in [6.07, 6.45) is 7.86. The van der Waals surface area contributed by atoms with Gasteiger partial charge in [-0.2, -0.15) is 4.39 Å². The SMILES string of the molecule is COC1CCCCC1CNc1ncnc(N(Cc2ccc(C(C)(F)F)cc2)C2CC2)c1F. The Morgan fingerprint density at radius 2 is 1.81 bits per heavy atom. The van der Waals surface area contributed by atoms with E-state index >= 15 is 4.39 Å². The zero-order valence-corrected chi connectivity index (χ0v) is 18.7. The summed E-state index contributed by atoms with van der Waals surface area (Å²) in [5.74, 6) is -2.58. The Balaban J connectivity index is 1.48. The standard InChI is InChI=1S/C24H31F3N4O/c1-24(26,27)18-9-7-16(8-10-18)14-31(19-11-12-19)23-21(25)22(29-15-30-23)28-13-17-5-3-4-6-20(17)32-2/h7-10,15,17,19-20H,3-6,11-14H2,1-2H3,(H,28,29,30). The molecule has 2 fully saturated rings. The molecule has 1 aromatic heterocycles. The molecule has 2 atom stereocenters. The van der Waals surface area contributed by atoms with Gasteiger partial charge in [-0.1, -0.05) is 37.1 Å². The molecule has 2 unspecified atom stereocenters. The number of ether oxygens (including phenoxy) is 1. The van der Waals surface area contributed by atoms with Gasteiger partial charge in [0.15, 0.2) is 11.6 Å². The van der Waals surface area contributed by atoms with Crippen LogP contribution in [-0.2, 0) is 17.2 Å². The Kier molecular flexibility index (Phi) is 6.88. The summed E-state index contributed by atoms with van der Waals surface area (Å²) in [5, 5.41) is 3.17. The van der Waals surface area contributed by atoms with Crippen LogP contribution in [0.1, 0.15) is 56.6 Å². The van der Waals surface area contributed by atoms with Crippen molar-refractivity contribution in [2.75, 3.05) is 23.9 Å². The normalized spacial score (nSPS) is 21.4. The Morgan fingerprint density at radius 3 is 2.47 bits per heavy atom. The molecule has 0 spiro atoms. The minimum absolute atomic E-state index is 0.0315. The van der Waals surface area contributed by atoms with Crippen LogP contribution in [0.2, 0.25) is 0 Å². The van der Waals surface area contributed by atoms with Crippen LogP contribution in [-0.4, -0.2) is 35.8 Å². The highest BCUT2D eigenvalue weighted by atomic mass is 19.3. The van der Waals surface area contributed by atoms with Gasteiger partial charge in [0.25, 0.3) is 5.92 Å². The van der Waals surface area contributed by atoms with Crippen molar-refractivity contribution in [3.63, 3.8) is 0 Å². The van der Waals surface area contributed by atoms with Gasteiger partial charge in [-0.3, -0.25) is 0 Å². The maximum Gasteiger partial charge on any atom is 0.270 e. The first kappa shape index (κ1) is 22.8. The number of halogens is 3. The maximum absolute atomic E-state index is 15.4. The number of hydrogen-bond acceptors (Lipinski definition) is 5. The van der Waals surface area contributed by atoms with Crippen LogP contribution in [0.3, 0.4) is 0 Å². The van der Waals surface area contributed by atoms with Crippen LogP contribution < -0.4 is 10.2 Å². The predicted molar refractivity (Wildman–Crippen MR) is 118 cm³/mol. The zero-order chi connectivity index (χ0) is 22.7. The van der Waals surface area contributed by atoms with E-state index in [1.807, 2.05) is 4.90 Å². The highest BCUT2D eigenvalue weighted by Crippen LogP contribution is 2.35. The fourth-order valence-electron chi connectivity index (χ4n) is 4.49. The molecular weight excluding hydrogens is 417 g/mol. The Hall–Kier alpha value is -2.35. The minimum Gasteiger partial charge on any atom is -0.381 e. The average molecular weight is 449 g/mol. The van der Waals surface area contributed by atoms with Crippen molar-refractivity contribution >= 4 is 11.6 Å². The Labute approximate surface area is 187 Å². The fourth-order valence-corrected chi connectivity index (χ4v) is 4.49. The predicted octanol–water partition coefficient (Wildman–Crippen LogP) is 5.51. The summed E-state index contributed by atoms with van der Waals surface area (Å²) >= 11 is 0. The molecule has 0 aliphatic heterocycles. The summed E-state index contributed by atoms with van der Waals surface area (Å²) in [6.45, 7) is 1.88. The second-order valence-electron chi connectivity index (χ2n) is 9.00. The number of aromatic nitrogens is 2. The number of methoxy groups -OCH3 is 1. The number of alkyl halides is 2. The van der Waals surface area contributed by atoms with Crippen molar-refractivity contribution in [2.24, 2.45) is 5.92 Å². The van der Waals surface area contributed by atoms with E-state index in [4.69, 9.17) is 4.74 Å². The second-order valence-corrected chi connectivity index (χ2v) is 9.00. The van der Waals surface area contributed by atoms with Gasteiger partial charge in [0.1, 0.15) is 6.33 Å². The van der Waals surface area contributed by atoms with E-state index in [0.717, 1.165) is 51.0 Å². The summed E-state index contributed by atoms with van der Waals surface area (Å²) in [7, 11) is 1.73. The van der Waals surface area contributed by atoms with Crippen LogP contribution in [0, 0.1) is 11.7 Å². The van der Waals surface area contributed by atoms with Crippen molar-refractivity contribution in [3.05, 3.63) is 47.5 Å². The number of rotatable bonds is 9. The van der Waals surface area contributed by atoms with Gasteiger partial charge in [0.2, 0.25) is 5.82 Å². The third-order valence-electron chi connectivity index (χ3n) is 6.52. The highest BCUT2D eigenvalue weighted by Gasteiger charge is 2.33. The first-order valence-electron chi connectivity index (χ1n) is 11.4. The third-order valence-corrected chi connectivity index (χ3v) is 6.52. The smallest absolute Gasteiger partial charge is 0.270 e.